The van der Waals surface area contributed by atoms with E-state index >= 15 is 0 Å². The number of carbonyl (C=O) groups is 1. The van der Waals surface area contributed by atoms with Crippen molar-refractivity contribution in [2.75, 3.05) is 6.54 Å². The second kappa shape index (κ2) is 8.77. The van der Waals surface area contributed by atoms with E-state index in [4.69, 9.17) is 0 Å². The molecule has 0 saturated heterocycles. The third-order valence-corrected chi connectivity index (χ3v) is 5.00. The standard InChI is InChI=1S/C18H36N2O/c1-6-14(2)20-17(21)12-13-19-16-9-7-8-15(10-11-16)18(3,4)5/h14-16,19H,6-13H2,1-5H3,(H,20,21). The molecule has 1 fully saturated rings. The van der Waals surface area contributed by atoms with Crippen LogP contribution in [-0.4, -0.2) is 24.5 Å². The summed E-state index contributed by atoms with van der Waals surface area (Å²) < 4.78 is 0. The number of amides is 1. The van der Waals surface area contributed by atoms with Crippen LogP contribution in [-0.2, 0) is 4.79 Å². The van der Waals surface area contributed by atoms with E-state index in [0.29, 0.717) is 23.9 Å². The lowest BCUT2D eigenvalue weighted by Crippen LogP contribution is -2.36. The van der Waals surface area contributed by atoms with E-state index in [2.05, 4.69) is 45.3 Å². The van der Waals surface area contributed by atoms with E-state index < -0.39 is 0 Å². The molecule has 3 unspecified atom stereocenters. The summed E-state index contributed by atoms with van der Waals surface area (Å²) in [4.78, 5) is 11.8. The first-order valence-corrected chi connectivity index (χ1v) is 8.85. The summed E-state index contributed by atoms with van der Waals surface area (Å²) >= 11 is 0. The van der Waals surface area contributed by atoms with Crippen molar-refractivity contribution in [3.05, 3.63) is 0 Å². The lowest BCUT2D eigenvalue weighted by atomic mass is 9.76. The first-order chi connectivity index (χ1) is 9.82. The van der Waals surface area contributed by atoms with Crippen molar-refractivity contribution in [3.63, 3.8) is 0 Å². The largest absolute Gasteiger partial charge is 0.354 e. The minimum Gasteiger partial charge on any atom is -0.354 e. The summed E-state index contributed by atoms with van der Waals surface area (Å²) in [5.74, 6) is 1.02. The average Bonchev–Trinajstić information content (AvgIpc) is 2.63. The molecular formula is C18H36N2O. The summed E-state index contributed by atoms with van der Waals surface area (Å²) in [7, 11) is 0. The highest BCUT2D eigenvalue weighted by atomic mass is 16.1. The van der Waals surface area contributed by atoms with E-state index in [1.165, 1.54) is 32.1 Å². The molecule has 0 bridgehead atoms. The van der Waals surface area contributed by atoms with Gasteiger partial charge in [-0.3, -0.25) is 4.79 Å². The molecular weight excluding hydrogens is 260 g/mol. The minimum atomic E-state index is 0.179. The molecule has 21 heavy (non-hydrogen) atoms. The van der Waals surface area contributed by atoms with Crippen LogP contribution in [0.15, 0.2) is 0 Å². The Labute approximate surface area is 131 Å². The Kier molecular flexibility index (Phi) is 7.72. The van der Waals surface area contributed by atoms with Gasteiger partial charge in [0.2, 0.25) is 5.91 Å². The van der Waals surface area contributed by atoms with Crippen molar-refractivity contribution in [2.45, 2.75) is 91.6 Å². The van der Waals surface area contributed by atoms with Crippen LogP contribution in [0.2, 0.25) is 0 Å². The second-order valence-electron chi connectivity index (χ2n) is 7.85. The first kappa shape index (κ1) is 18.5. The maximum atomic E-state index is 11.8. The van der Waals surface area contributed by atoms with Crippen LogP contribution < -0.4 is 10.6 Å². The third kappa shape index (κ3) is 7.30. The molecule has 3 nitrogen and oxygen atoms in total. The monoisotopic (exact) mass is 296 g/mol. The molecule has 0 aromatic rings. The fraction of sp³-hybridized carbons (Fsp3) is 0.944. The van der Waals surface area contributed by atoms with Gasteiger partial charge in [-0.2, -0.15) is 0 Å². The highest BCUT2D eigenvalue weighted by Gasteiger charge is 2.27. The Hall–Kier alpha value is -0.570. The molecule has 0 aromatic carbocycles. The normalized spacial score (nSPS) is 25.2. The summed E-state index contributed by atoms with van der Waals surface area (Å²) in [6, 6.07) is 0.900. The molecule has 0 heterocycles. The Morgan fingerprint density at radius 2 is 1.90 bits per heavy atom. The summed E-state index contributed by atoms with van der Waals surface area (Å²) in [6.45, 7) is 12.1. The Morgan fingerprint density at radius 3 is 2.52 bits per heavy atom. The third-order valence-electron chi connectivity index (χ3n) is 5.00. The van der Waals surface area contributed by atoms with Gasteiger partial charge in [-0.1, -0.05) is 34.1 Å². The van der Waals surface area contributed by atoms with Crippen molar-refractivity contribution in [1.29, 1.82) is 0 Å². The predicted octanol–water partition coefficient (Wildman–Crippen LogP) is 3.88. The van der Waals surface area contributed by atoms with Gasteiger partial charge in [0.1, 0.15) is 0 Å². The lowest BCUT2D eigenvalue weighted by Gasteiger charge is -2.29. The molecule has 1 aliphatic carbocycles. The zero-order chi connectivity index (χ0) is 15.9. The Balaban J connectivity index is 2.23. The maximum Gasteiger partial charge on any atom is 0.221 e. The van der Waals surface area contributed by atoms with Crippen LogP contribution in [0.3, 0.4) is 0 Å². The van der Waals surface area contributed by atoms with Gasteiger partial charge < -0.3 is 10.6 Å². The number of carbonyl (C=O) groups excluding carboxylic acids is 1. The number of hydrogen-bond donors (Lipinski definition) is 2. The smallest absolute Gasteiger partial charge is 0.221 e. The quantitative estimate of drug-likeness (QED) is 0.730. The van der Waals surface area contributed by atoms with Crippen LogP contribution in [0.4, 0.5) is 0 Å². The average molecular weight is 296 g/mol. The number of nitrogens with one attached hydrogen (secondary N) is 2. The van der Waals surface area contributed by atoms with E-state index in [1.807, 2.05) is 0 Å². The van der Waals surface area contributed by atoms with Gasteiger partial charge in [0, 0.05) is 25.0 Å². The molecule has 2 N–H and O–H groups in total. The van der Waals surface area contributed by atoms with Gasteiger partial charge in [-0.05, 0) is 50.4 Å². The fourth-order valence-electron chi connectivity index (χ4n) is 3.21. The highest BCUT2D eigenvalue weighted by Crippen LogP contribution is 2.36. The molecule has 3 heteroatoms. The van der Waals surface area contributed by atoms with Crippen molar-refractivity contribution >= 4 is 5.91 Å². The topological polar surface area (TPSA) is 41.1 Å². The maximum absolute atomic E-state index is 11.8. The Morgan fingerprint density at radius 1 is 1.19 bits per heavy atom. The molecule has 124 valence electrons. The van der Waals surface area contributed by atoms with Gasteiger partial charge in [0.25, 0.3) is 0 Å². The zero-order valence-electron chi connectivity index (χ0n) is 14.8. The van der Waals surface area contributed by atoms with E-state index in [9.17, 15) is 4.79 Å². The Bertz CT molecular complexity index is 309. The molecule has 3 atom stereocenters. The second-order valence-corrected chi connectivity index (χ2v) is 7.85. The predicted molar refractivity (Wildman–Crippen MR) is 90.3 cm³/mol. The minimum absolute atomic E-state index is 0.179. The van der Waals surface area contributed by atoms with E-state index in [0.717, 1.165) is 18.9 Å². The summed E-state index contributed by atoms with van der Waals surface area (Å²) in [5, 5.41) is 6.62. The van der Waals surface area contributed by atoms with Gasteiger partial charge in [-0.25, -0.2) is 0 Å². The van der Waals surface area contributed by atoms with E-state index in [1.54, 1.807) is 0 Å². The van der Waals surface area contributed by atoms with Crippen LogP contribution >= 0.6 is 0 Å². The molecule has 1 saturated carbocycles. The first-order valence-electron chi connectivity index (χ1n) is 8.85. The number of rotatable bonds is 6. The van der Waals surface area contributed by atoms with Crippen molar-refractivity contribution < 1.29 is 4.79 Å². The SMILES string of the molecule is CCC(C)NC(=O)CCNC1CCCC(C(C)(C)C)CC1. The van der Waals surface area contributed by atoms with Crippen molar-refractivity contribution in [1.82, 2.24) is 10.6 Å². The number of hydrogen-bond acceptors (Lipinski definition) is 2. The van der Waals surface area contributed by atoms with Crippen LogP contribution in [0.5, 0.6) is 0 Å². The molecule has 1 amide bonds. The van der Waals surface area contributed by atoms with Gasteiger partial charge in [0.15, 0.2) is 0 Å². The van der Waals surface area contributed by atoms with Crippen molar-refractivity contribution in [3.8, 4) is 0 Å². The zero-order valence-corrected chi connectivity index (χ0v) is 14.8. The molecule has 0 aromatic heterocycles. The highest BCUT2D eigenvalue weighted by molar-refractivity contribution is 5.76. The molecule has 1 aliphatic rings. The van der Waals surface area contributed by atoms with Crippen molar-refractivity contribution in [2.24, 2.45) is 11.3 Å². The molecule has 1 rings (SSSR count). The van der Waals surface area contributed by atoms with E-state index in [-0.39, 0.29) is 5.91 Å². The van der Waals surface area contributed by atoms with Crippen LogP contribution in [0.1, 0.15) is 79.6 Å². The van der Waals surface area contributed by atoms with Gasteiger partial charge >= 0.3 is 0 Å². The van der Waals surface area contributed by atoms with Gasteiger partial charge in [-0.15, -0.1) is 0 Å². The van der Waals surface area contributed by atoms with Crippen LogP contribution in [0, 0.1) is 11.3 Å². The summed E-state index contributed by atoms with van der Waals surface area (Å²) in [5.41, 5.74) is 0.436. The lowest BCUT2D eigenvalue weighted by molar-refractivity contribution is -0.121. The molecule has 0 radical (unpaired) electrons. The molecule has 0 aliphatic heterocycles. The van der Waals surface area contributed by atoms with Gasteiger partial charge in [0.05, 0.1) is 0 Å². The molecule has 0 spiro atoms. The fourth-order valence-corrected chi connectivity index (χ4v) is 3.21. The summed E-state index contributed by atoms with van der Waals surface area (Å²) in [6.07, 6.45) is 8.11. The van der Waals surface area contributed by atoms with Crippen LogP contribution in [0.25, 0.3) is 0 Å².